The van der Waals surface area contributed by atoms with Crippen LogP contribution in [0.2, 0.25) is 0 Å². The number of aromatic nitrogens is 1. The van der Waals surface area contributed by atoms with E-state index in [1.807, 2.05) is 18.7 Å². The van der Waals surface area contributed by atoms with Gasteiger partial charge in [0, 0.05) is 52.4 Å². The molecule has 0 radical (unpaired) electrons. The Bertz CT molecular complexity index is 450. The van der Waals surface area contributed by atoms with Crippen LogP contribution < -0.4 is 0 Å². The van der Waals surface area contributed by atoms with E-state index in [1.165, 1.54) is 5.56 Å². The van der Waals surface area contributed by atoms with Gasteiger partial charge in [-0.05, 0) is 20.3 Å². The minimum absolute atomic E-state index is 0.101. The number of amides is 2. The van der Waals surface area contributed by atoms with E-state index in [1.54, 1.807) is 19.0 Å². The molecule has 1 aromatic heterocycles. The Morgan fingerprint density at radius 1 is 1.25 bits per heavy atom. The van der Waals surface area contributed by atoms with Crippen molar-refractivity contribution in [3.05, 3.63) is 17.0 Å². The molecule has 0 N–H and O–H groups in total. The van der Waals surface area contributed by atoms with E-state index in [0.717, 1.165) is 50.6 Å². The zero-order valence-electron chi connectivity index (χ0n) is 12.8. The molecule has 1 aliphatic rings. The molecule has 1 fully saturated rings. The maximum atomic E-state index is 12.0. The van der Waals surface area contributed by atoms with E-state index in [-0.39, 0.29) is 6.03 Å². The Labute approximate surface area is 120 Å². The topological polar surface area (TPSA) is 52.8 Å². The number of nitrogens with zero attached hydrogens (tertiary/aromatic N) is 4. The van der Waals surface area contributed by atoms with E-state index in [9.17, 15) is 4.79 Å². The summed E-state index contributed by atoms with van der Waals surface area (Å²) < 4.78 is 5.21. The highest BCUT2D eigenvalue weighted by Gasteiger charge is 2.21. The summed E-state index contributed by atoms with van der Waals surface area (Å²) in [5.74, 6) is 0.896. The fourth-order valence-electron chi connectivity index (χ4n) is 2.55. The van der Waals surface area contributed by atoms with Crippen LogP contribution in [0.5, 0.6) is 0 Å². The van der Waals surface area contributed by atoms with E-state index < -0.39 is 0 Å². The smallest absolute Gasteiger partial charge is 0.319 e. The van der Waals surface area contributed by atoms with Crippen molar-refractivity contribution in [2.45, 2.75) is 26.8 Å². The van der Waals surface area contributed by atoms with Gasteiger partial charge in [-0.15, -0.1) is 0 Å². The van der Waals surface area contributed by atoms with Crippen molar-refractivity contribution < 1.29 is 9.32 Å². The Morgan fingerprint density at radius 2 is 2.00 bits per heavy atom. The van der Waals surface area contributed by atoms with Gasteiger partial charge in [-0.2, -0.15) is 0 Å². The number of aryl methyl sites for hydroxylation is 2. The monoisotopic (exact) mass is 280 g/mol. The van der Waals surface area contributed by atoms with Gasteiger partial charge in [0.2, 0.25) is 0 Å². The largest absolute Gasteiger partial charge is 0.361 e. The first kappa shape index (κ1) is 14.8. The van der Waals surface area contributed by atoms with Crippen molar-refractivity contribution in [1.82, 2.24) is 19.9 Å². The summed E-state index contributed by atoms with van der Waals surface area (Å²) in [6.45, 7) is 8.28. The van der Waals surface area contributed by atoms with Crippen LogP contribution in [0.25, 0.3) is 0 Å². The molecule has 20 heavy (non-hydrogen) atoms. The lowest BCUT2D eigenvalue weighted by Gasteiger charge is -2.24. The molecule has 0 atom stereocenters. The van der Waals surface area contributed by atoms with Gasteiger partial charge in [-0.3, -0.25) is 4.90 Å². The molecule has 112 valence electrons. The molecule has 0 saturated carbocycles. The third kappa shape index (κ3) is 3.30. The molecule has 0 bridgehead atoms. The van der Waals surface area contributed by atoms with Gasteiger partial charge in [0.1, 0.15) is 5.76 Å². The van der Waals surface area contributed by atoms with Crippen LogP contribution in [0.1, 0.15) is 23.4 Å². The molecule has 0 spiro atoms. The molecule has 1 saturated heterocycles. The second kappa shape index (κ2) is 6.26. The first-order valence-electron chi connectivity index (χ1n) is 7.09. The number of carbonyl (C=O) groups excluding carboxylic acids is 1. The maximum Gasteiger partial charge on any atom is 0.319 e. The van der Waals surface area contributed by atoms with Crippen LogP contribution in [0.4, 0.5) is 4.79 Å². The Hall–Kier alpha value is -1.56. The molecule has 0 aliphatic carbocycles. The molecule has 2 amide bonds. The highest BCUT2D eigenvalue weighted by atomic mass is 16.5. The van der Waals surface area contributed by atoms with Crippen LogP contribution in [0.15, 0.2) is 4.52 Å². The second-order valence-electron chi connectivity index (χ2n) is 5.60. The van der Waals surface area contributed by atoms with Crippen LogP contribution in [-0.2, 0) is 6.54 Å². The van der Waals surface area contributed by atoms with E-state index >= 15 is 0 Å². The predicted octanol–water partition coefficient (Wildman–Crippen LogP) is 1.48. The fraction of sp³-hybridized carbons (Fsp3) is 0.714. The van der Waals surface area contributed by atoms with Gasteiger partial charge >= 0.3 is 6.03 Å². The number of urea groups is 1. The molecule has 2 heterocycles. The summed E-state index contributed by atoms with van der Waals surface area (Å²) in [5, 5.41) is 4.00. The van der Waals surface area contributed by atoms with Crippen LogP contribution >= 0.6 is 0 Å². The van der Waals surface area contributed by atoms with Crippen molar-refractivity contribution in [3.8, 4) is 0 Å². The molecule has 0 unspecified atom stereocenters. The summed E-state index contributed by atoms with van der Waals surface area (Å²) in [5.41, 5.74) is 2.14. The van der Waals surface area contributed by atoms with Crippen molar-refractivity contribution in [3.63, 3.8) is 0 Å². The highest BCUT2D eigenvalue weighted by molar-refractivity contribution is 5.73. The van der Waals surface area contributed by atoms with E-state index in [4.69, 9.17) is 4.52 Å². The maximum absolute atomic E-state index is 12.0. The zero-order chi connectivity index (χ0) is 14.7. The lowest BCUT2D eigenvalue weighted by atomic mass is 10.2. The first-order chi connectivity index (χ1) is 9.49. The number of hydrogen-bond donors (Lipinski definition) is 0. The van der Waals surface area contributed by atoms with Gasteiger partial charge in [0.15, 0.2) is 0 Å². The summed E-state index contributed by atoms with van der Waals surface area (Å²) in [4.78, 5) is 17.9. The third-order valence-electron chi connectivity index (χ3n) is 3.80. The molecular weight excluding hydrogens is 256 g/mol. The van der Waals surface area contributed by atoms with Crippen molar-refractivity contribution in [2.24, 2.45) is 0 Å². The molecule has 6 nitrogen and oxygen atoms in total. The SMILES string of the molecule is Cc1noc(C)c1CN1CCCN(C(=O)N(C)C)CC1. The second-order valence-corrected chi connectivity index (χ2v) is 5.60. The van der Waals surface area contributed by atoms with Gasteiger partial charge in [-0.1, -0.05) is 5.16 Å². The summed E-state index contributed by atoms with van der Waals surface area (Å²) in [7, 11) is 3.60. The standard InChI is InChI=1S/C14H24N4O2/c1-11-13(12(2)20-15-11)10-17-6-5-7-18(9-8-17)14(19)16(3)4/h5-10H2,1-4H3. The quantitative estimate of drug-likeness (QED) is 0.823. The van der Waals surface area contributed by atoms with Gasteiger partial charge in [0.25, 0.3) is 0 Å². The van der Waals surface area contributed by atoms with Gasteiger partial charge < -0.3 is 14.3 Å². The molecule has 6 heteroatoms. The Balaban J connectivity index is 1.95. The summed E-state index contributed by atoms with van der Waals surface area (Å²) >= 11 is 0. The lowest BCUT2D eigenvalue weighted by Crippen LogP contribution is -2.41. The lowest BCUT2D eigenvalue weighted by molar-refractivity contribution is 0.171. The molecule has 0 aromatic carbocycles. The van der Waals surface area contributed by atoms with Gasteiger partial charge in [0.05, 0.1) is 5.69 Å². The fourth-order valence-corrected chi connectivity index (χ4v) is 2.55. The number of rotatable bonds is 2. The van der Waals surface area contributed by atoms with Crippen molar-refractivity contribution >= 4 is 6.03 Å². The molecular formula is C14H24N4O2. The van der Waals surface area contributed by atoms with E-state index in [2.05, 4.69) is 10.1 Å². The Kier molecular flexibility index (Phi) is 4.65. The molecule has 1 aliphatic heterocycles. The molecule has 1 aromatic rings. The minimum Gasteiger partial charge on any atom is -0.361 e. The normalized spacial score (nSPS) is 17.1. The van der Waals surface area contributed by atoms with E-state index in [0.29, 0.717) is 0 Å². The van der Waals surface area contributed by atoms with Crippen molar-refractivity contribution in [1.29, 1.82) is 0 Å². The van der Waals surface area contributed by atoms with Crippen molar-refractivity contribution in [2.75, 3.05) is 40.3 Å². The highest BCUT2D eigenvalue weighted by Crippen LogP contribution is 2.16. The summed E-state index contributed by atoms with van der Waals surface area (Å²) in [6, 6.07) is 0.101. The van der Waals surface area contributed by atoms with Crippen LogP contribution in [0, 0.1) is 13.8 Å². The average Bonchev–Trinajstić information content (AvgIpc) is 2.63. The first-order valence-corrected chi connectivity index (χ1v) is 7.09. The average molecular weight is 280 g/mol. The summed E-state index contributed by atoms with van der Waals surface area (Å²) in [6.07, 6.45) is 1.00. The number of hydrogen-bond acceptors (Lipinski definition) is 4. The minimum atomic E-state index is 0.101. The van der Waals surface area contributed by atoms with Gasteiger partial charge in [-0.25, -0.2) is 4.79 Å². The zero-order valence-corrected chi connectivity index (χ0v) is 12.8. The number of carbonyl (C=O) groups is 1. The third-order valence-corrected chi connectivity index (χ3v) is 3.80. The molecule has 2 rings (SSSR count). The Morgan fingerprint density at radius 3 is 2.60 bits per heavy atom. The predicted molar refractivity (Wildman–Crippen MR) is 76.5 cm³/mol. The van der Waals surface area contributed by atoms with Crippen LogP contribution in [-0.4, -0.2) is 66.2 Å². The van der Waals surface area contributed by atoms with Crippen LogP contribution in [0.3, 0.4) is 0 Å².